The highest BCUT2D eigenvalue weighted by molar-refractivity contribution is 9.10. The monoisotopic (exact) mass is 334 g/mol. The highest BCUT2D eigenvalue weighted by Gasteiger charge is 2.17. The molecule has 1 aromatic rings. The molecular formula is C13H16BrClO3. The number of halogens is 2. The molecule has 18 heavy (non-hydrogen) atoms. The van der Waals surface area contributed by atoms with E-state index < -0.39 is 11.6 Å². The topological polar surface area (TPSA) is 35.5 Å². The summed E-state index contributed by atoms with van der Waals surface area (Å²) in [6.07, 6.45) is 0. The van der Waals surface area contributed by atoms with Gasteiger partial charge in [0.25, 0.3) is 0 Å². The molecule has 0 N–H and O–H groups in total. The van der Waals surface area contributed by atoms with E-state index in [1.54, 1.807) is 6.07 Å². The van der Waals surface area contributed by atoms with Crippen LogP contribution in [0.25, 0.3) is 0 Å². The smallest absolute Gasteiger partial charge is 0.344 e. The fraction of sp³-hybridized carbons (Fsp3) is 0.462. The lowest BCUT2D eigenvalue weighted by molar-refractivity contribution is -0.157. The first-order valence-corrected chi connectivity index (χ1v) is 6.66. The number of esters is 1. The maximum Gasteiger partial charge on any atom is 0.344 e. The Labute approximate surface area is 121 Å². The predicted molar refractivity (Wildman–Crippen MR) is 75.2 cm³/mol. The van der Waals surface area contributed by atoms with Crippen molar-refractivity contribution in [3.63, 3.8) is 0 Å². The summed E-state index contributed by atoms with van der Waals surface area (Å²) in [5, 5.41) is 0.595. The van der Waals surface area contributed by atoms with Gasteiger partial charge in [-0.25, -0.2) is 4.79 Å². The number of benzene rings is 1. The minimum Gasteiger partial charge on any atom is -0.481 e. The van der Waals surface area contributed by atoms with Gasteiger partial charge in [-0.1, -0.05) is 11.6 Å². The highest BCUT2D eigenvalue weighted by Crippen LogP contribution is 2.31. The Hall–Kier alpha value is -0.740. The molecule has 0 aromatic heterocycles. The van der Waals surface area contributed by atoms with E-state index >= 15 is 0 Å². The van der Waals surface area contributed by atoms with Gasteiger partial charge in [-0.05, 0) is 55.3 Å². The van der Waals surface area contributed by atoms with Gasteiger partial charge in [0.1, 0.15) is 11.4 Å². The summed E-state index contributed by atoms with van der Waals surface area (Å²) >= 11 is 9.35. The van der Waals surface area contributed by atoms with Crippen molar-refractivity contribution < 1.29 is 14.3 Å². The molecule has 0 aliphatic heterocycles. The summed E-state index contributed by atoms with van der Waals surface area (Å²) in [5.41, 5.74) is 0.427. The Balaban J connectivity index is 2.64. The number of aryl methyl sites for hydroxylation is 1. The van der Waals surface area contributed by atoms with E-state index in [2.05, 4.69) is 15.9 Å². The number of carbonyl (C=O) groups is 1. The molecule has 3 nitrogen and oxygen atoms in total. The van der Waals surface area contributed by atoms with Crippen molar-refractivity contribution in [2.45, 2.75) is 33.3 Å². The molecule has 0 heterocycles. The van der Waals surface area contributed by atoms with Gasteiger partial charge in [0, 0.05) is 11.1 Å². The number of carbonyl (C=O) groups excluding carboxylic acids is 1. The molecule has 5 heteroatoms. The third-order valence-corrected chi connectivity index (χ3v) is 3.01. The molecule has 0 radical (unpaired) electrons. The first kappa shape index (κ1) is 15.3. The SMILES string of the molecule is Cc1cc(Br)c(OCC(=O)OC(C)(C)C)cc1Cl. The van der Waals surface area contributed by atoms with E-state index in [0.29, 0.717) is 10.8 Å². The van der Waals surface area contributed by atoms with Crippen LogP contribution in [0.2, 0.25) is 5.02 Å². The first-order chi connectivity index (χ1) is 8.19. The molecule has 100 valence electrons. The van der Waals surface area contributed by atoms with Crippen LogP contribution in [0.15, 0.2) is 16.6 Å². The Morgan fingerprint density at radius 3 is 2.56 bits per heavy atom. The lowest BCUT2D eigenvalue weighted by atomic mass is 10.2. The van der Waals surface area contributed by atoms with Gasteiger partial charge in [0.2, 0.25) is 0 Å². The quantitative estimate of drug-likeness (QED) is 0.779. The maximum absolute atomic E-state index is 11.5. The van der Waals surface area contributed by atoms with E-state index in [1.165, 1.54) is 0 Å². The molecule has 0 amide bonds. The Bertz CT molecular complexity index is 452. The third-order valence-electron chi connectivity index (χ3n) is 1.98. The van der Waals surface area contributed by atoms with Gasteiger partial charge < -0.3 is 9.47 Å². The molecule has 0 fully saturated rings. The Morgan fingerprint density at radius 2 is 2.00 bits per heavy atom. The van der Waals surface area contributed by atoms with Gasteiger partial charge in [0.15, 0.2) is 6.61 Å². The third kappa shape index (κ3) is 4.86. The summed E-state index contributed by atoms with van der Waals surface area (Å²) < 4.78 is 11.3. The Kier molecular flexibility index (Phi) is 5.05. The van der Waals surface area contributed by atoms with Gasteiger partial charge in [0.05, 0.1) is 4.47 Å². The second-order valence-electron chi connectivity index (χ2n) is 4.91. The highest BCUT2D eigenvalue weighted by atomic mass is 79.9. The lowest BCUT2D eigenvalue weighted by Crippen LogP contribution is -2.27. The standard InChI is InChI=1S/C13H16BrClO3/c1-8-5-9(14)11(6-10(8)15)17-7-12(16)18-13(2,3)4/h5-6H,7H2,1-4H3. The van der Waals surface area contributed by atoms with Gasteiger partial charge >= 0.3 is 5.97 Å². The molecule has 0 spiro atoms. The first-order valence-electron chi connectivity index (χ1n) is 5.49. The van der Waals surface area contributed by atoms with Crippen molar-refractivity contribution >= 4 is 33.5 Å². The minimum atomic E-state index is -0.511. The molecule has 0 atom stereocenters. The van der Waals surface area contributed by atoms with Crippen molar-refractivity contribution in [1.29, 1.82) is 0 Å². The van der Waals surface area contributed by atoms with E-state index in [0.717, 1.165) is 10.0 Å². The average Bonchev–Trinajstić information content (AvgIpc) is 2.19. The summed E-state index contributed by atoms with van der Waals surface area (Å²) in [5.74, 6) is 0.113. The second kappa shape index (κ2) is 5.93. The number of hydrogen-bond acceptors (Lipinski definition) is 3. The average molecular weight is 336 g/mol. The van der Waals surface area contributed by atoms with Crippen LogP contribution in [0.3, 0.4) is 0 Å². The second-order valence-corrected chi connectivity index (χ2v) is 6.17. The fourth-order valence-corrected chi connectivity index (χ4v) is 1.97. The largest absolute Gasteiger partial charge is 0.481 e. The molecular weight excluding hydrogens is 319 g/mol. The summed E-state index contributed by atoms with van der Waals surface area (Å²) in [6, 6.07) is 3.51. The number of ether oxygens (including phenoxy) is 2. The van der Waals surface area contributed by atoms with Crippen LogP contribution in [0.4, 0.5) is 0 Å². The van der Waals surface area contributed by atoms with Crippen molar-refractivity contribution in [3.8, 4) is 5.75 Å². The predicted octanol–water partition coefficient (Wildman–Crippen LogP) is 4.13. The zero-order valence-corrected chi connectivity index (χ0v) is 13.2. The molecule has 0 saturated carbocycles. The van der Waals surface area contributed by atoms with Gasteiger partial charge in [-0.2, -0.15) is 0 Å². The number of rotatable bonds is 3. The number of hydrogen-bond donors (Lipinski definition) is 0. The molecule has 1 aromatic carbocycles. The van der Waals surface area contributed by atoms with Gasteiger partial charge in [-0.3, -0.25) is 0 Å². The summed E-state index contributed by atoms with van der Waals surface area (Å²) in [4.78, 5) is 11.5. The van der Waals surface area contributed by atoms with Crippen molar-refractivity contribution in [2.24, 2.45) is 0 Å². The fourth-order valence-electron chi connectivity index (χ4n) is 1.25. The van der Waals surface area contributed by atoms with Crippen molar-refractivity contribution in [1.82, 2.24) is 0 Å². The Morgan fingerprint density at radius 1 is 1.39 bits per heavy atom. The van der Waals surface area contributed by atoms with Crippen LogP contribution in [0.1, 0.15) is 26.3 Å². The summed E-state index contributed by atoms with van der Waals surface area (Å²) in [6.45, 7) is 7.18. The molecule has 0 unspecified atom stereocenters. The molecule has 1 rings (SSSR count). The molecule has 0 bridgehead atoms. The molecule has 0 aliphatic carbocycles. The van der Waals surface area contributed by atoms with Crippen LogP contribution >= 0.6 is 27.5 Å². The molecule has 0 aliphatic rings. The van der Waals surface area contributed by atoms with Crippen molar-refractivity contribution in [3.05, 3.63) is 27.2 Å². The van der Waals surface area contributed by atoms with Gasteiger partial charge in [-0.15, -0.1) is 0 Å². The molecule has 0 saturated heterocycles. The van der Waals surface area contributed by atoms with E-state index in [-0.39, 0.29) is 6.61 Å². The summed E-state index contributed by atoms with van der Waals surface area (Å²) in [7, 11) is 0. The lowest BCUT2D eigenvalue weighted by Gasteiger charge is -2.19. The maximum atomic E-state index is 11.5. The van der Waals surface area contributed by atoms with E-state index in [4.69, 9.17) is 21.1 Å². The van der Waals surface area contributed by atoms with Crippen molar-refractivity contribution in [2.75, 3.05) is 6.61 Å². The van der Waals surface area contributed by atoms with Crippen LogP contribution in [-0.4, -0.2) is 18.2 Å². The van der Waals surface area contributed by atoms with Crippen LogP contribution in [-0.2, 0) is 9.53 Å². The van der Waals surface area contributed by atoms with E-state index in [1.807, 2.05) is 33.8 Å². The van der Waals surface area contributed by atoms with Crippen LogP contribution < -0.4 is 4.74 Å². The van der Waals surface area contributed by atoms with E-state index in [9.17, 15) is 4.79 Å². The normalized spacial score (nSPS) is 11.2. The zero-order valence-electron chi connectivity index (χ0n) is 10.8. The minimum absolute atomic E-state index is 0.144. The van der Waals surface area contributed by atoms with Crippen LogP contribution in [0.5, 0.6) is 5.75 Å². The van der Waals surface area contributed by atoms with Crippen LogP contribution in [0, 0.1) is 6.92 Å². The zero-order chi connectivity index (χ0) is 13.9.